The van der Waals surface area contributed by atoms with Crippen molar-refractivity contribution >= 4 is 0 Å². The quantitative estimate of drug-likeness (QED) is 0.0639. The zero-order chi connectivity index (χ0) is 56.3. The van der Waals surface area contributed by atoms with Crippen LogP contribution >= 0.6 is 0 Å². The van der Waals surface area contributed by atoms with Gasteiger partial charge >= 0.3 is 0 Å². The predicted molar refractivity (Wildman–Crippen MR) is 296 cm³/mol. The van der Waals surface area contributed by atoms with E-state index < -0.39 is 23.7 Å². The second-order valence-electron chi connectivity index (χ2n) is 20.1. The van der Waals surface area contributed by atoms with Crippen molar-refractivity contribution in [3.63, 3.8) is 0 Å². The Kier molecular flexibility index (Phi) is 14.4. The third-order valence-electron chi connectivity index (χ3n) is 15.4. The van der Waals surface area contributed by atoms with Crippen LogP contribution in [0.5, 0.6) is 80.5 Å². The van der Waals surface area contributed by atoms with Gasteiger partial charge in [0.1, 0.15) is 40.2 Å². The molecule has 0 saturated carbocycles. The lowest BCUT2D eigenvalue weighted by Crippen LogP contribution is -2.15. The zero-order valence-electron chi connectivity index (χ0n) is 45.6. The molecule has 404 valence electrons. The Bertz CT molecular complexity index is 3640. The first-order valence-electron chi connectivity index (χ1n) is 25.2. The molecule has 0 aromatic heterocycles. The van der Waals surface area contributed by atoms with Crippen molar-refractivity contribution in [3.8, 4) is 80.5 Å². The van der Waals surface area contributed by atoms with Gasteiger partial charge in [-0.25, -0.2) is 0 Å². The van der Waals surface area contributed by atoms with Crippen LogP contribution in [0.1, 0.15) is 124 Å². The van der Waals surface area contributed by atoms with E-state index >= 15 is 0 Å². The lowest BCUT2D eigenvalue weighted by molar-refractivity contribution is 0.339. The Morgan fingerprint density at radius 2 is 0.474 bits per heavy atom. The third-order valence-corrected chi connectivity index (χ3v) is 15.4. The highest BCUT2D eigenvalue weighted by Gasteiger charge is 2.36. The topological polar surface area (TPSA) is 217 Å². The van der Waals surface area contributed by atoms with E-state index in [1.54, 1.807) is 76.2 Å². The smallest absolute Gasteiger partial charge is 0.200 e. The van der Waals surface area contributed by atoms with Crippen LogP contribution < -0.4 is 28.4 Å². The van der Waals surface area contributed by atoms with Gasteiger partial charge in [-0.3, -0.25) is 0 Å². The van der Waals surface area contributed by atoms with Gasteiger partial charge in [0.15, 0.2) is 34.5 Å². The van der Waals surface area contributed by atoms with Crippen LogP contribution in [0.25, 0.3) is 0 Å². The fraction of sp³-hybridized carbons (Fsp3) is 0.250. The van der Waals surface area contributed by atoms with Crippen LogP contribution in [0.3, 0.4) is 0 Å². The van der Waals surface area contributed by atoms with Gasteiger partial charge in [0.2, 0.25) is 5.75 Å². The molecule has 4 unspecified atom stereocenters. The van der Waals surface area contributed by atoms with E-state index in [0.29, 0.717) is 100 Å². The molecule has 9 rings (SSSR count). The highest BCUT2D eigenvalue weighted by Crippen LogP contribution is 2.55. The van der Waals surface area contributed by atoms with E-state index in [2.05, 4.69) is 0 Å². The summed E-state index contributed by atoms with van der Waals surface area (Å²) in [6.07, 6.45) is 0. The van der Waals surface area contributed by atoms with Crippen molar-refractivity contribution in [1.82, 2.24) is 0 Å². The summed E-state index contributed by atoms with van der Waals surface area (Å²) in [6, 6.07) is 27.7. The molecular formula is C64H64O14. The molecular weight excluding hydrogens is 993 g/mol. The molecule has 0 aliphatic heterocycles. The van der Waals surface area contributed by atoms with E-state index in [1.165, 1.54) is 54.8 Å². The number of fused-ring (bicyclic) bond motifs is 8. The predicted octanol–water partition coefficient (Wildman–Crippen LogP) is 12.3. The Morgan fingerprint density at radius 3 is 0.795 bits per heavy atom. The summed E-state index contributed by atoms with van der Waals surface area (Å²) in [5.74, 6) is -3.76. The molecule has 78 heavy (non-hydrogen) atoms. The van der Waals surface area contributed by atoms with Gasteiger partial charge in [0.25, 0.3) is 0 Å². The second-order valence-corrected chi connectivity index (χ2v) is 20.1. The minimum Gasteiger partial charge on any atom is -0.508 e. The Morgan fingerprint density at radius 1 is 0.231 bits per heavy atom. The maximum absolute atomic E-state index is 12.7. The number of phenols is 8. The van der Waals surface area contributed by atoms with Gasteiger partial charge in [-0.2, -0.15) is 0 Å². The summed E-state index contributed by atoms with van der Waals surface area (Å²) in [6.45, 7) is 10.8. The summed E-state index contributed by atoms with van der Waals surface area (Å²) >= 11 is 0. The third kappa shape index (κ3) is 9.10. The summed E-state index contributed by atoms with van der Waals surface area (Å²) in [7, 11) is 8.65. The first kappa shape index (κ1) is 53.8. The normalized spacial score (nSPS) is 15.8. The number of benzene rings is 8. The number of phenolic OH excluding ortho intramolecular Hbond substituents is 8. The summed E-state index contributed by atoms with van der Waals surface area (Å²) in [5, 5.41) is 95.7. The zero-order valence-corrected chi connectivity index (χ0v) is 45.6. The van der Waals surface area contributed by atoms with Crippen LogP contribution in [-0.4, -0.2) is 83.5 Å². The molecule has 0 saturated heterocycles. The maximum Gasteiger partial charge on any atom is 0.200 e. The molecule has 0 radical (unpaired) electrons. The van der Waals surface area contributed by atoms with E-state index in [0.717, 1.165) is 0 Å². The molecule has 1 aliphatic carbocycles. The van der Waals surface area contributed by atoms with Gasteiger partial charge in [0.05, 0.1) is 42.7 Å². The second kappa shape index (κ2) is 20.8. The number of aromatic hydroxyl groups is 8. The molecule has 4 atom stereocenters. The average Bonchev–Trinajstić information content (AvgIpc) is 3.53. The number of aryl methyl sites for hydroxylation is 6. The first-order chi connectivity index (χ1) is 37.2. The highest BCUT2D eigenvalue weighted by molar-refractivity contribution is 5.69. The fourth-order valence-corrected chi connectivity index (χ4v) is 11.5. The van der Waals surface area contributed by atoms with Crippen molar-refractivity contribution in [2.75, 3.05) is 42.7 Å². The van der Waals surface area contributed by atoms with Crippen LogP contribution in [0.4, 0.5) is 0 Å². The lowest BCUT2D eigenvalue weighted by Gasteiger charge is -2.31. The van der Waals surface area contributed by atoms with E-state index in [4.69, 9.17) is 28.4 Å². The Balaban J connectivity index is 1.56. The minimum absolute atomic E-state index is 0.0632. The van der Waals surface area contributed by atoms with Crippen molar-refractivity contribution < 1.29 is 69.3 Å². The molecule has 0 spiro atoms. The molecule has 0 amide bonds. The largest absolute Gasteiger partial charge is 0.508 e. The molecule has 14 heteroatoms. The highest BCUT2D eigenvalue weighted by atomic mass is 16.5. The Hall–Kier alpha value is -9.04. The van der Waals surface area contributed by atoms with Gasteiger partial charge in [-0.05, 0) is 169 Å². The average molecular weight is 1060 g/mol. The van der Waals surface area contributed by atoms with E-state index in [9.17, 15) is 40.9 Å². The van der Waals surface area contributed by atoms with Crippen LogP contribution in [0, 0.1) is 41.5 Å². The van der Waals surface area contributed by atoms with Gasteiger partial charge in [-0.15, -0.1) is 0 Å². The molecule has 8 bridgehead atoms. The number of hydrogen-bond donors (Lipinski definition) is 8. The molecule has 8 N–H and O–H groups in total. The van der Waals surface area contributed by atoms with Crippen LogP contribution in [-0.2, 0) is 0 Å². The van der Waals surface area contributed by atoms with Crippen molar-refractivity contribution in [3.05, 3.63) is 197 Å². The van der Waals surface area contributed by atoms with Crippen molar-refractivity contribution in [1.29, 1.82) is 0 Å². The molecule has 1 aliphatic rings. The van der Waals surface area contributed by atoms with Gasteiger partial charge in [-0.1, -0.05) is 24.3 Å². The molecule has 0 fully saturated rings. The molecule has 8 aromatic rings. The lowest BCUT2D eigenvalue weighted by atomic mass is 9.73. The van der Waals surface area contributed by atoms with E-state index in [1.807, 2.05) is 50.2 Å². The number of ether oxygens (including phenoxy) is 6. The summed E-state index contributed by atoms with van der Waals surface area (Å²) < 4.78 is 35.4. The maximum atomic E-state index is 12.7. The van der Waals surface area contributed by atoms with Gasteiger partial charge < -0.3 is 69.3 Å². The summed E-state index contributed by atoms with van der Waals surface area (Å²) in [5.41, 5.74) is 9.22. The van der Waals surface area contributed by atoms with Crippen LogP contribution in [0.2, 0.25) is 0 Å². The van der Waals surface area contributed by atoms with Crippen molar-refractivity contribution in [2.24, 2.45) is 0 Å². The first-order valence-corrected chi connectivity index (χ1v) is 25.2. The SMILES string of the molecule is COc1cc(O)c2cc1C(c1cc(C)c(O)c(OC)c1)c1cc(c(OC)cc1O)C(c1cc(OC)c(O)c(OC)c1)c1cc(c(C)cc1O)C(c1cc(C)c(O)c(C)c1)c1cc(c(C)cc1O)C2c1cc(C)c(O)c(OC)c1. The van der Waals surface area contributed by atoms with Gasteiger partial charge in [0, 0.05) is 69.2 Å². The number of hydrogen-bond acceptors (Lipinski definition) is 14. The molecule has 14 nitrogen and oxygen atoms in total. The number of methoxy groups -OCH3 is 6. The molecule has 0 heterocycles. The number of rotatable bonds is 10. The standard InChI is InChI=1S/C64H64O14/c1-29-18-48(66)42-24-39(29)57(35-13-31(3)61(69)32(4)14-35)41-23-40(30(2)17-47(41)65)58(36-15-33(5)62(70)53(19-36)75-9)43-25-45(51(73-7)27-49(43)67)59(37-16-34(6)63(71)54(20-37)76-10)44-26-46(52(74-8)28-50(44)68)60(42)38-21-55(77-11)64(72)56(22-38)78-12/h13-28,57-60,65-72H,1-12H3. The van der Waals surface area contributed by atoms with Crippen LogP contribution in [0.15, 0.2) is 97.1 Å². The summed E-state index contributed by atoms with van der Waals surface area (Å²) in [4.78, 5) is 0. The fourth-order valence-electron chi connectivity index (χ4n) is 11.5. The van der Waals surface area contributed by atoms with Crippen molar-refractivity contribution in [2.45, 2.75) is 65.2 Å². The molecule has 8 aromatic carbocycles. The van der Waals surface area contributed by atoms with E-state index in [-0.39, 0.29) is 80.5 Å². The Labute approximate surface area is 453 Å². The monoisotopic (exact) mass is 1060 g/mol. The minimum atomic E-state index is -1.02.